The Balaban J connectivity index is 1.89. The lowest BCUT2D eigenvalue weighted by atomic mass is 9.97. The zero-order valence-corrected chi connectivity index (χ0v) is 12.5. The summed E-state index contributed by atoms with van der Waals surface area (Å²) >= 11 is 0. The smallest absolute Gasteiger partial charge is 0.329 e. The Labute approximate surface area is 124 Å². The van der Waals surface area contributed by atoms with Crippen LogP contribution in [0.1, 0.15) is 58.3 Å². The van der Waals surface area contributed by atoms with E-state index in [1.54, 1.807) is 6.92 Å². The minimum Gasteiger partial charge on any atom is -0.480 e. The Morgan fingerprint density at radius 3 is 2.19 bits per heavy atom. The molecule has 2 saturated carbocycles. The number of aliphatic carboxylic acids is 1. The summed E-state index contributed by atoms with van der Waals surface area (Å²) in [5.41, 5.74) is -1.15. The molecule has 118 valence electrons. The quantitative estimate of drug-likeness (QED) is 0.710. The largest absolute Gasteiger partial charge is 0.480 e. The van der Waals surface area contributed by atoms with Crippen LogP contribution in [0.5, 0.6) is 0 Å². The van der Waals surface area contributed by atoms with Gasteiger partial charge in [0.25, 0.3) is 0 Å². The van der Waals surface area contributed by atoms with E-state index in [9.17, 15) is 19.5 Å². The average Bonchev–Trinajstić information content (AvgIpc) is 3.10. The number of carboxylic acids is 1. The number of amides is 2. The molecule has 0 aliphatic heterocycles. The SMILES string of the molecule is CC(NC(=O)C1CCCC1)C(=O)NC1(C(=O)O)CCCC1. The molecule has 3 N–H and O–H groups in total. The van der Waals surface area contributed by atoms with Gasteiger partial charge in [0, 0.05) is 5.92 Å². The standard InChI is InChI=1S/C15H24N2O4/c1-10(16-13(19)11-6-2-3-7-11)12(18)17-15(14(20)21)8-4-5-9-15/h10-11H,2-9H2,1H3,(H,16,19)(H,17,18)(H,20,21). The van der Waals surface area contributed by atoms with Crippen LogP contribution in [-0.4, -0.2) is 34.5 Å². The Hall–Kier alpha value is -1.59. The van der Waals surface area contributed by atoms with Crippen molar-refractivity contribution in [1.29, 1.82) is 0 Å². The van der Waals surface area contributed by atoms with Gasteiger partial charge in [0.2, 0.25) is 11.8 Å². The molecule has 0 spiro atoms. The third-order valence-electron chi connectivity index (χ3n) is 4.71. The summed E-state index contributed by atoms with van der Waals surface area (Å²) in [6.45, 7) is 1.60. The van der Waals surface area contributed by atoms with Crippen LogP contribution in [0.4, 0.5) is 0 Å². The van der Waals surface area contributed by atoms with Gasteiger partial charge in [-0.15, -0.1) is 0 Å². The highest BCUT2D eigenvalue weighted by Crippen LogP contribution is 2.30. The van der Waals surface area contributed by atoms with E-state index in [-0.39, 0.29) is 11.8 Å². The summed E-state index contributed by atoms with van der Waals surface area (Å²) in [5, 5.41) is 14.7. The Kier molecular flexibility index (Phi) is 4.85. The Morgan fingerprint density at radius 1 is 1.10 bits per heavy atom. The molecule has 2 amide bonds. The zero-order valence-electron chi connectivity index (χ0n) is 12.5. The maximum atomic E-state index is 12.2. The van der Waals surface area contributed by atoms with E-state index in [0.29, 0.717) is 12.8 Å². The van der Waals surface area contributed by atoms with Crippen LogP contribution in [0, 0.1) is 5.92 Å². The molecule has 21 heavy (non-hydrogen) atoms. The first kappa shape index (κ1) is 15.8. The van der Waals surface area contributed by atoms with Crippen molar-refractivity contribution in [3.63, 3.8) is 0 Å². The van der Waals surface area contributed by atoms with E-state index in [0.717, 1.165) is 38.5 Å². The van der Waals surface area contributed by atoms with Crippen molar-refractivity contribution in [2.24, 2.45) is 5.92 Å². The maximum Gasteiger partial charge on any atom is 0.329 e. The predicted molar refractivity (Wildman–Crippen MR) is 76.5 cm³/mol. The van der Waals surface area contributed by atoms with E-state index in [4.69, 9.17) is 0 Å². The van der Waals surface area contributed by atoms with Crippen LogP contribution in [0.3, 0.4) is 0 Å². The van der Waals surface area contributed by atoms with E-state index in [1.807, 2.05) is 0 Å². The van der Waals surface area contributed by atoms with Gasteiger partial charge in [-0.2, -0.15) is 0 Å². The van der Waals surface area contributed by atoms with Crippen LogP contribution < -0.4 is 10.6 Å². The molecule has 1 atom stereocenters. The molecule has 6 heteroatoms. The Bertz CT molecular complexity index is 423. The fraction of sp³-hybridized carbons (Fsp3) is 0.800. The molecular weight excluding hydrogens is 272 g/mol. The van der Waals surface area contributed by atoms with Crippen molar-refractivity contribution >= 4 is 17.8 Å². The molecule has 1 unspecified atom stereocenters. The normalized spacial score (nSPS) is 22.7. The van der Waals surface area contributed by atoms with Crippen LogP contribution in [0.15, 0.2) is 0 Å². The second-order valence-corrected chi connectivity index (χ2v) is 6.30. The fourth-order valence-electron chi connectivity index (χ4n) is 3.30. The first-order valence-electron chi connectivity index (χ1n) is 7.80. The summed E-state index contributed by atoms with van der Waals surface area (Å²) in [5.74, 6) is -1.49. The lowest BCUT2D eigenvalue weighted by Gasteiger charge is -2.27. The minimum atomic E-state index is -1.15. The first-order valence-corrected chi connectivity index (χ1v) is 7.80. The second-order valence-electron chi connectivity index (χ2n) is 6.30. The molecular formula is C15H24N2O4. The molecule has 2 aliphatic rings. The zero-order chi connectivity index (χ0) is 15.5. The van der Waals surface area contributed by atoms with Crippen LogP contribution in [-0.2, 0) is 14.4 Å². The lowest BCUT2D eigenvalue weighted by Crippen LogP contribution is -2.57. The fourth-order valence-corrected chi connectivity index (χ4v) is 3.30. The summed E-state index contributed by atoms with van der Waals surface area (Å²) in [7, 11) is 0. The summed E-state index contributed by atoms with van der Waals surface area (Å²) < 4.78 is 0. The van der Waals surface area contributed by atoms with Gasteiger partial charge in [-0.05, 0) is 32.6 Å². The number of hydrogen-bond donors (Lipinski definition) is 3. The molecule has 0 heterocycles. The highest BCUT2D eigenvalue weighted by atomic mass is 16.4. The molecule has 2 aliphatic carbocycles. The highest BCUT2D eigenvalue weighted by Gasteiger charge is 2.43. The average molecular weight is 296 g/mol. The molecule has 0 radical (unpaired) electrons. The lowest BCUT2D eigenvalue weighted by molar-refractivity contribution is -0.147. The molecule has 0 aromatic heterocycles. The Morgan fingerprint density at radius 2 is 1.67 bits per heavy atom. The monoisotopic (exact) mass is 296 g/mol. The van der Waals surface area contributed by atoms with Gasteiger partial charge in [-0.3, -0.25) is 9.59 Å². The number of carbonyl (C=O) groups is 3. The number of carboxylic acid groups (broad SMARTS) is 1. The van der Waals surface area contributed by atoms with Gasteiger partial charge >= 0.3 is 5.97 Å². The van der Waals surface area contributed by atoms with Crippen molar-refractivity contribution in [3.8, 4) is 0 Å². The second kappa shape index (κ2) is 6.45. The molecule has 2 fully saturated rings. The number of hydrogen-bond acceptors (Lipinski definition) is 3. The van der Waals surface area contributed by atoms with E-state index in [1.165, 1.54) is 0 Å². The van der Waals surface area contributed by atoms with Crippen molar-refractivity contribution in [2.75, 3.05) is 0 Å². The maximum absolute atomic E-state index is 12.2. The summed E-state index contributed by atoms with van der Waals surface area (Å²) in [6, 6.07) is -0.699. The molecule has 0 bridgehead atoms. The topological polar surface area (TPSA) is 95.5 Å². The van der Waals surface area contributed by atoms with Crippen molar-refractivity contribution in [2.45, 2.75) is 69.9 Å². The van der Waals surface area contributed by atoms with E-state index in [2.05, 4.69) is 10.6 Å². The highest BCUT2D eigenvalue weighted by molar-refractivity contribution is 5.92. The van der Waals surface area contributed by atoms with Crippen molar-refractivity contribution in [3.05, 3.63) is 0 Å². The van der Waals surface area contributed by atoms with Gasteiger partial charge in [-0.25, -0.2) is 4.79 Å². The van der Waals surface area contributed by atoms with Crippen molar-refractivity contribution in [1.82, 2.24) is 10.6 Å². The van der Waals surface area contributed by atoms with Gasteiger partial charge in [0.05, 0.1) is 0 Å². The van der Waals surface area contributed by atoms with Gasteiger partial charge < -0.3 is 15.7 Å². The van der Waals surface area contributed by atoms with Crippen LogP contribution >= 0.6 is 0 Å². The number of nitrogens with one attached hydrogen (secondary N) is 2. The molecule has 0 aromatic carbocycles. The number of rotatable bonds is 5. The van der Waals surface area contributed by atoms with E-state index < -0.39 is 23.5 Å². The summed E-state index contributed by atoms with van der Waals surface area (Å²) in [6.07, 6.45) is 6.37. The third kappa shape index (κ3) is 3.54. The molecule has 0 aromatic rings. The van der Waals surface area contributed by atoms with Gasteiger partial charge in [-0.1, -0.05) is 25.7 Å². The number of carbonyl (C=O) groups excluding carboxylic acids is 2. The third-order valence-corrected chi connectivity index (χ3v) is 4.71. The first-order chi connectivity index (χ1) is 9.94. The summed E-state index contributed by atoms with van der Waals surface area (Å²) in [4.78, 5) is 35.6. The van der Waals surface area contributed by atoms with Gasteiger partial charge in [0.1, 0.15) is 11.6 Å². The van der Waals surface area contributed by atoms with Gasteiger partial charge in [0.15, 0.2) is 0 Å². The van der Waals surface area contributed by atoms with Crippen LogP contribution in [0.2, 0.25) is 0 Å². The van der Waals surface area contributed by atoms with Crippen LogP contribution in [0.25, 0.3) is 0 Å². The molecule has 2 rings (SSSR count). The van der Waals surface area contributed by atoms with E-state index >= 15 is 0 Å². The molecule has 0 saturated heterocycles. The molecule has 6 nitrogen and oxygen atoms in total. The van der Waals surface area contributed by atoms with Crippen molar-refractivity contribution < 1.29 is 19.5 Å². The predicted octanol–water partition coefficient (Wildman–Crippen LogP) is 1.19. The minimum absolute atomic E-state index is 0.000152.